The van der Waals surface area contributed by atoms with E-state index in [1.54, 1.807) is 23.1 Å². The third-order valence-electron chi connectivity index (χ3n) is 5.69. The summed E-state index contributed by atoms with van der Waals surface area (Å²) in [6.45, 7) is 3.49. The standard InChI is InChI=1S/C24H25F3N4O2/c1-2-33-18-9-7-16(8-10-18)15-28-23(32)17-11-13-31(14-12-17)22-21(24(25,26)27)29-19-5-3-4-6-20(19)30-22/h3-10,17H,2,11-15H2,1H3,(H,28,32). The zero-order chi connectivity index (χ0) is 23.4. The molecule has 1 aromatic heterocycles. The van der Waals surface area contributed by atoms with Crippen LogP contribution < -0.4 is 15.0 Å². The number of carbonyl (C=O) groups excluding carboxylic acids is 1. The van der Waals surface area contributed by atoms with Crippen molar-refractivity contribution in [3.05, 3.63) is 59.8 Å². The number of alkyl halides is 3. The predicted molar refractivity (Wildman–Crippen MR) is 119 cm³/mol. The van der Waals surface area contributed by atoms with E-state index in [9.17, 15) is 18.0 Å². The number of halogens is 3. The molecule has 0 aliphatic carbocycles. The van der Waals surface area contributed by atoms with Gasteiger partial charge in [-0.1, -0.05) is 24.3 Å². The maximum absolute atomic E-state index is 13.7. The SMILES string of the molecule is CCOc1ccc(CNC(=O)C2CCN(c3nc4ccccc4nc3C(F)(F)F)CC2)cc1. The number of hydrogen-bond donors (Lipinski definition) is 1. The van der Waals surface area contributed by atoms with Crippen molar-refractivity contribution in [2.75, 3.05) is 24.6 Å². The summed E-state index contributed by atoms with van der Waals surface area (Å²) in [7, 11) is 0. The molecule has 2 heterocycles. The van der Waals surface area contributed by atoms with E-state index < -0.39 is 11.9 Å². The number of nitrogens with one attached hydrogen (secondary N) is 1. The molecule has 2 aromatic carbocycles. The largest absolute Gasteiger partial charge is 0.494 e. The predicted octanol–water partition coefficient (Wildman–Crippen LogP) is 4.58. The Bertz CT molecular complexity index is 1110. The summed E-state index contributed by atoms with van der Waals surface area (Å²) < 4.78 is 46.4. The molecule has 4 rings (SSSR count). The minimum absolute atomic E-state index is 0.0934. The molecule has 0 atom stereocenters. The van der Waals surface area contributed by atoms with Crippen LogP contribution in [0.4, 0.5) is 19.0 Å². The van der Waals surface area contributed by atoms with Gasteiger partial charge < -0.3 is 15.0 Å². The van der Waals surface area contributed by atoms with E-state index in [1.165, 1.54) is 6.07 Å². The van der Waals surface area contributed by atoms with Gasteiger partial charge >= 0.3 is 6.18 Å². The summed E-state index contributed by atoms with van der Waals surface area (Å²) in [4.78, 5) is 22.3. The van der Waals surface area contributed by atoms with Crippen molar-refractivity contribution in [3.8, 4) is 5.75 Å². The lowest BCUT2D eigenvalue weighted by Crippen LogP contribution is -2.41. The van der Waals surface area contributed by atoms with Crippen LogP contribution in [0.3, 0.4) is 0 Å². The van der Waals surface area contributed by atoms with Crippen LogP contribution in [0.5, 0.6) is 5.75 Å². The second kappa shape index (κ2) is 9.64. The monoisotopic (exact) mass is 458 g/mol. The molecule has 1 aliphatic rings. The van der Waals surface area contributed by atoms with E-state index in [4.69, 9.17) is 4.74 Å². The first-order valence-electron chi connectivity index (χ1n) is 10.9. The Morgan fingerprint density at radius 1 is 1.06 bits per heavy atom. The van der Waals surface area contributed by atoms with Gasteiger partial charge in [-0.05, 0) is 49.6 Å². The van der Waals surface area contributed by atoms with E-state index in [0.717, 1.165) is 11.3 Å². The van der Waals surface area contributed by atoms with Crippen LogP contribution in [0.15, 0.2) is 48.5 Å². The fraction of sp³-hybridized carbons (Fsp3) is 0.375. The molecular weight excluding hydrogens is 433 g/mol. The maximum Gasteiger partial charge on any atom is 0.437 e. The van der Waals surface area contributed by atoms with Gasteiger partial charge in [0, 0.05) is 25.6 Å². The number of anilines is 1. The first-order valence-corrected chi connectivity index (χ1v) is 10.9. The van der Waals surface area contributed by atoms with Gasteiger partial charge in [0.1, 0.15) is 5.75 Å². The van der Waals surface area contributed by atoms with E-state index >= 15 is 0 Å². The number of aromatic nitrogens is 2. The highest BCUT2D eigenvalue weighted by molar-refractivity contribution is 5.79. The minimum Gasteiger partial charge on any atom is -0.494 e. The zero-order valence-corrected chi connectivity index (χ0v) is 18.2. The number of fused-ring (bicyclic) bond motifs is 1. The molecule has 33 heavy (non-hydrogen) atoms. The highest BCUT2D eigenvalue weighted by Crippen LogP contribution is 2.36. The van der Waals surface area contributed by atoms with Crippen molar-refractivity contribution in [2.45, 2.75) is 32.5 Å². The normalized spacial score (nSPS) is 15.0. The highest BCUT2D eigenvalue weighted by Gasteiger charge is 2.39. The van der Waals surface area contributed by atoms with Crippen molar-refractivity contribution in [3.63, 3.8) is 0 Å². The van der Waals surface area contributed by atoms with Crippen molar-refractivity contribution in [1.29, 1.82) is 0 Å². The van der Waals surface area contributed by atoms with Crippen molar-refractivity contribution >= 4 is 22.8 Å². The van der Waals surface area contributed by atoms with Crippen LogP contribution >= 0.6 is 0 Å². The first-order chi connectivity index (χ1) is 15.8. The molecule has 1 amide bonds. The van der Waals surface area contributed by atoms with Crippen LogP contribution in [0.2, 0.25) is 0 Å². The molecule has 1 aliphatic heterocycles. The lowest BCUT2D eigenvalue weighted by Gasteiger charge is -2.33. The number of amides is 1. The van der Waals surface area contributed by atoms with E-state index in [2.05, 4.69) is 15.3 Å². The molecular formula is C24H25F3N4O2. The van der Waals surface area contributed by atoms with Crippen LogP contribution in [-0.4, -0.2) is 35.6 Å². The number of para-hydroxylation sites is 2. The Kier molecular flexibility index (Phi) is 6.67. The van der Waals surface area contributed by atoms with Gasteiger partial charge in [0.2, 0.25) is 5.91 Å². The molecule has 3 aromatic rings. The van der Waals surface area contributed by atoms with Gasteiger partial charge in [-0.3, -0.25) is 4.79 Å². The number of piperidine rings is 1. The zero-order valence-electron chi connectivity index (χ0n) is 18.2. The lowest BCUT2D eigenvalue weighted by atomic mass is 9.95. The van der Waals surface area contributed by atoms with Crippen molar-refractivity contribution in [2.24, 2.45) is 5.92 Å². The molecule has 0 unspecified atom stereocenters. The number of benzene rings is 2. The van der Waals surface area contributed by atoms with Crippen LogP contribution in [0.25, 0.3) is 11.0 Å². The van der Waals surface area contributed by atoms with E-state index in [1.807, 2.05) is 31.2 Å². The molecule has 1 fully saturated rings. The molecule has 1 N–H and O–H groups in total. The van der Waals surface area contributed by atoms with Gasteiger partial charge in [-0.25, -0.2) is 9.97 Å². The number of carbonyl (C=O) groups is 1. The Labute approximate surface area is 189 Å². The van der Waals surface area contributed by atoms with Gasteiger partial charge in [0.15, 0.2) is 11.5 Å². The quantitative estimate of drug-likeness (QED) is 0.586. The summed E-state index contributed by atoms with van der Waals surface area (Å²) in [5.74, 6) is 0.250. The topological polar surface area (TPSA) is 67.3 Å². The Morgan fingerprint density at radius 2 is 1.70 bits per heavy atom. The molecule has 1 saturated heterocycles. The molecule has 0 spiro atoms. The maximum atomic E-state index is 13.7. The second-order valence-corrected chi connectivity index (χ2v) is 7.94. The third-order valence-corrected chi connectivity index (χ3v) is 5.69. The fourth-order valence-corrected chi connectivity index (χ4v) is 3.96. The van der Waals surface area contributed by atoms with Crippen LogP contribution in [0.1, 0.15) is 31.0 Å². The van der Waals surface area contributed by atoms with Crippen molar-refractivity contribution < 1.29 is 22.7 Å². The average Bonchev–Trinajstić information content (AvgIpc) is 2.82. The first kappa shape index (κ1) is 22.8. The van der Waals surface area contributed by atoms with E-state index in [0.29, 0.717) is 44.6 Å². The lowest BCUT2D eigenvalue weighted by molar-refractivity contribution is -0.140. The Balaban J connectivity index is 1.39. The van der Waals surface area contributed by atoms with Gasteiger partial charge in [-0.2, -0.15) is 13.2 Å². The smallest absolute Gasteiger partial charge is 0.437 e. The molecule has 0 radical (unpaired) electrons. The Hall–Kier alpha value is -3.36. The van der Waals surface area contributed by atoms with Gasteiger partial charge in [0.25, 0.3) is 0 Å². The number of hydrogen-bond acceptors (Lipinski definition) is 5. The van der Waals surface area contributed by atoms with Crippen molar-refractivity contribution in [1.82, 2.24) is 15.3 Å². The summed E-state index contributed by atoms with van der Waals surface area (Å²) >= 11 is 0. The summed E-state index contributed by atoms with van der Waals surface area (Å²) in [5.41, 5.74) is 0.581. The van der Waals surface area contributed by atoms with Crippen LogP contribution in [-0.2, 0) is 17.5 Å². The second-order valence-electron chi connectivity index (χ2n) is 7.94. The van der Waals surface area contributed by atoms with E-state index in [-0.39, 0.29) is 23.2 Å². The molecule has 6 nitrogen and oxygen atoms in total. The van der Waals surface area contributed by atoms with Crippen LogP contribution in [0, 0.1) is 5.92 Å². The summed E-state index contributed by atoms with van der Waals surface area (Å²) in [6.07, 6.45) is -3.72. The number of ether oxygens (including phenoxy) is 1. The Morgan fingerprint density at radius 3 is 2.30 bits per heavy atom. The molecule has 0 saturated carbocycles. The molecule has 174 valence electrons. The minimum atomic E-state index is -4.61. The summed E-state index contributed by atoms with van der Waals surface area (Å²) in [6, 6.07) is 14.0. The number of nitrogens with zero attached hydrogens (tertiary/aromatic N) is 3. The molecule has 0 bridgehead atoms. The molecule has 9 heteroatoms. The van der Waals surface area contributed by atoms with Gasteiger partial charge in [-0.15, -0.1) is 0 Å². The third kappa shape index (κ3) is 5.35. The average molecular weight is 458 g/mol. The van der Waals surface area contributed by atoms with Gasteiger partial charge in [0.05, 0.1) is 17.6 Å². The highest BCUT2D eigenvalue weighted by atomic mass is 19.4. The fourth-order valence-electron chi connectivity index (χ4n) is 3.96. The number of rotatable bonds is 6. The summed E-state index contributed by atoms with van der Waals surface area (Å²) in [5, 5.41) is 2.93.